The molecule has 0 saturated heterocycles. The van der Waals surface area contributed by atoms with Crippen LogP contribution in [0.3, 0.4) is 0 Å². The summed E-state index contributed by atoms with van der Waals surface area (Å²) in [7, 11) is 0. The molecule has 2 aromatic heterocycles. The largest absolute Gasteiger partial charge is 0.308 e. The zero-order chi connectivity index (χ0) is 10.1. The Morgan fingerprint density at radius 2 is 2.29 bits per heavy atom. The molecular formula is C8H8F2N4. The van der Waals surface area contributed by atoms with Crippen LogP contribution in [-0.2, 0) is 6.54 Å². The predicted octanol–water partition coefficient (Wildman–Crippen LogP) is 1.78. The Bertz CT molecular complexity index is 452. The third-order valence-electron chi connectivity index (χ3n) is 1.95. The van der Waals surface area contributed by atoms with Crippen molar-refractivity contribution in [2.75, 3.05) is 0 Å². The molecule has 0 aliphatic carbocycles. The zero-order valence-electron chi connectivity index (χ0n) is 7.48. The highest BCUT2D eigenvalue weighted by Gasteiger charge is 2.18. The monoisotopic (exact) mass is 198 g/mol. The van der Waals surface area contributed by atoms with Crippen LogP contribution in [0.25, 0.3) is 11.2 Å². The lowest BCUT2D eigenvalue weighted by Gasteiger charge is -2.02. The summed E-state index contributed by atoms with van der Waals surface area (Å²) < 4.78 is 26.4. The molecule has 6 heteroatoms. The van der Waals surface area contributed by atoms with E-state index in [2.05, 4.69) is 15.0 Å². The summed E-state index contributed by atoms with van der Waals surface area (Å²) in [6.07, 6.45) is 0.176. The van der Waals surface area contributed by atoms with Crippen LogP contribution in [0.2, 0.25) is 0 Å². The fraction of sp³-hybridized carbons (Fsp3) is 0.375. The SMILES string of the molecule is CCn1c(C(F)F)nc2cncnc21. The minimum atomic E-state index is -2.58. The first kappa shape index (κ1) is 8.98. The van der Waals surface area contributed by atoms with Gasteiger partial charge in [0.2, 0.25) is 0 Å². The number of hydrogen-bond donors (Lipinski definition) is 0. The quantitative estimate of drug-likeness (QED) is 0.738. The zero-order valence-corrected chi connectivity index (χ0v) is 7.48. The van der Waals surface area contributed by atoms with E-state index in [1.807, 2.05) is 0 Å². The van der Waals surface area contributed by atoms with E-state index in [0.717, 1.165) is 0 Å². The molecule has 14 heavy (non-hydrogen) atoms. The molecule has 0 aromatic carbocycles. The van der Waals surface area contributed by atoms with E-state index in [-0.39, 0.29) is 5.82 Å². The molecule has 0 spiro atoms. The van der Waals surface area contributed by atoms with E-state index in [4.69, 9.17) is 0 Å². The Morgan fingerprint density at radius 3 is 2.93 bits per heavy atom. The third kappa shape index (κ3) is 1.23. The molecule has 2 heterocycles. The van der Waals surface area contributed by atoms with Crippen molar-refractivity contribution in [1.29, 1.82) is 0 Å². The Kier molecular flexibility index (Phi) is 2.11. The molecule has 2 rings (SSSR count). The average Bonchev–Trinajstić information content (AvgIpc) is 2.56. The normalized spacial score (nSPS) is 11.4. The molecule has 0 atom stereocenters. The number of halogens is 2. The fourth-order valence-electron chi connectivity index (χ4n) is 1.37. The van der Waals surface area contributed by atoms with Gasteiger partial charge in [0.25, 0.3) is 6.43 Å². The minimum Gasteiger partial charge on any atom is -0.308 e. The van der Waals surface area contributed by atoms with Gasteiger partial charge >= 0.3 is 0 Å². The van der Waals surface area contributed by atoms with Crippen LogP contribution in [0.4, 0.5) is 8.78 Å². The van der Waals surface area contributed by atoms with Gasteiger partial charge in [0, 0.05) is 6.54 Å². The second kappa shape index (κ2) is 3.28. The van der Waals surface area contributed by atoms with Crippen LogP contribution in [0.1, 0.15) is 19.2 Å². The number of rotatable bonds is 2. The first-order valence-electron chi connectivity index (χ1n) is 4.18. The number of aromatic nitrogens is 4. The van der Waals surface area contributed by atoms with Crippen LogP contribution in [-0.4, -0.2) is 19.5 Å². The van der Waals surface area contributed by atoms with Gasteiger partial charge in [-0.2, -0.15) is 0 Å². The lowest BCUT2D eigenvalue weighted by Crippen LogP contribution is -2.02. The summed E-state index contributed by atoms with van der Waals surface area (Å²) >= 11 is 0. The summed E-state index contributed by atoms with van der Waals surface area (Å²) in [5.74, 6) is -0.247. The van der Waals surface area contributed by atoms with Crippen molar-refractivity contribution < 1.29 is 8.78 Å². The molecule has 0 radical (unpaired) electrons. The highest BCUT2D eigenvalue weighted by Crippen LogP contribution is 2.21. The van der Waals surface area contributed by atoms with Gasteiger partial charge in [-0.1, -0.05) is 0 Å². The molecule has 0 N–H and O–H groups in total. The molecule has 0 fully saturated rings. The molecular weight excluding hydrogens is 190 g/mol. The van der Waals surface area contributed by atoms with Gasteiger partial charge in [0.1, 0.15) is 11.8 Å². The molecule has 0 unspecified atom stereocenters. The first-order valence-corrected chi connectivity index (χ1v) is 4.18. The van der Waals surface area contributed by atoms with Gasteiger partial charge < -0.3 is 4.57 Å². The number of fused-ring (bicyclic) bond motifs is 1. The van der Waals surface area contributed by atoms with Crippen molar-refractivity contribution in [2.24, 2.45) is 0 Å². The Labute approximate surface area is 78.6 Å². The summed E-state index contributed by atoms with van der Waals surface area (Å²) in [6.45, 7) is 2.20. The number of hydrogen-bond acceptors (Lipinski definition) is 3. The highest BCUT2D eigenvalue weighted by molar-refractivity contribution is 5.69. The van der Waals surface area contributed by atoms with Gasteiger partial charge in [-0.25, -0.2) is 23.7 Å². The maximum atomic E-state index is 12.5. The highest BCUT2D eigenvalue weighted by atomic mass is 19.3. The summed E-state index contributed by atoms with van der Waals surface area (Å²) in [5, 5.41) is 0. The van der Waals surface area contributed by atoms with Crippen molar-refractivity contribution in [2.45, 2.75) is 19.9 Å². The molecule has 0 bridgehead atoms. The van der Waals surface area contributed by atoms with Gasteiger partial charge in [0.05, 0.1) is 6.20 Å². The minimum absolute atomic E-state index is 0.247. The topological polar surface area (TPSA) is 43.6 Å². The van der Waals surface area contributed by atoms with Gasteiger partial charge in [-0.05, 0) is 6.92 Å². The van der Waals surface area contributed by atoms with Crippen molar-refractivity contribution in [1.82, 2.24) is 19.5 Å². The van der Waals surface area contributed by atoms with E-state index in [1.54, 1.807) is 6.92 Å². The van der Waals surface area contributed by atoms with Crippen LogP contribution in [0, 0.1) is 0 Å². The Hall–Kier alpha value is -1.59. The van der Waals surface area contributed by atoms with Crippen molar-refractivity contribution in [3.63, 3.8) is 0 Å². The number of imidazole rings is 1. The van der Waals surface area contributed by atoms with E-state index in [1.165, 1.54) is 17.1 Å². The maximum absolute atomic E-state index is 12.5. The van der Waals surface area contributed by atoms with E-state index in [9.17, 15) is 8.78 Å². The summed E-state index contributed by atoms with van der Waals surface area (Å²) in [5.41, 5.74) is 0.863. The third-order valence-corrected chi connectivity index (χ3v) is 1.95. The van der Waals surface area contributed by atoms with Crippen LogP contribution in [0.5, 0.6) is 0 Å². The maximum Gasteiger partial charge on any atom is 0.295 e. The fourth-order valence-corrected chi connectivity index (χ4v) is 1.37. The molecule has 2 aromatic rings. The Balaban J connectivity index is 2.72. The van der Waals surface area contributed by atoms with Gasteiger partial charge in [-0.15, -0.1) is 0 Å². The molecule has 0 aliphatic heterocycles. The van der Waals surface area contributed by atoms with Crippen molar-refractivity contribution >= 4 is 11.2 Å². The van der Waals surface area contributed by atoms with Gasteiger partial charge in [-0.3, -0.25) is 0 Å². The first-order chi connectivity index (χ1) is 6.74. The summed E-state index contributed by atoms with van der Waals surface area (Å²) in [4.78, 5) is 11.4. The summed E-state index contributed by atoms with van der Waals surface area (Å²) in [6, 6.07) is 0. The average molecular weight is 198 g/mol. The van der Waals surface area contributed by atoms with Crippen LogP contribution < -0.4 is 0 Å². The number of aryl methyl sites for hydroxylation is 1. The second-order valence-electron chi connectivity index (χ2n) is 2.75. The van der Waals surface area contributed by atoms with Crippen LogP contribution in [0.15, 0.2) is 12.5 Å². The molecule has 0 amide bonds. The van der Waals surface area contributed by atoms with Crippen molar-refractivity contribution in [3.05, 3.63) is 18.3 Å². The molecule has 0 saturated carbocycles. The lowest BCUT2D eigenvalue weighted by molar-refractivity contribution is 0.136. The molecule has 74 valence electrons. The molecule has 0 aliphatic rings. The standard InChI is InChI=1S/C8H8F2N4/c1-2-14-7-5(3-11-4-12-7)13-8(14)6(9)10/h3-4,6H,2H2,1H3. The van der Waals surface area contributed by atoms with Crippen LogP contribution >= 0.6 is 0 Å². The predicted molar refractivity (Wildman–Crippen MR) is 46.0 cm³/mol. The molecule has 4 nitrogen and oxygen atoms in total. The van der Waals surface area contributed by atoms with Crippen molar-refractivity contribution in [3.8, 4) is 0 Å². The lowest BCUT2D eigenvalue weighted by atomic mass is 10.5. The smallest absolute Gasteiger partial charge is 0.295 e. The van der Waals surface area contributed by atoms with E-state index in [0.29, 0.717) is 17.7 Å². The Morgan fingerprint density at radius 1 is 1.50 bits per heavy atom. The number of alkyl halides is 2. The second-order valence-corrected chi connectivity index (χ2v) is 2.75. The van der Waals surface area contributed by atoms with E-state index < -0.39 is 6.43 Å². The number of nitrogens with zero attached hydrogens (tertiary/aromatic N) is 4. The van der Waals surface area contributed by atoms with Gasteiger partial charge in [0.15, 0.2) is 11.5 Å². The van der Waals surface area contributed by atoms with E-state index >= 15 is 0 Å².